The van der Waals surface area contributed by atoms with Gasteiger partial charge in [-0.15, -0.1) is 0 Å². The van der Waals surface area contributed by atoms with Gasteiger partial charge in [-0.05, 0) is 29.8 Å². The lowest BCUT2D eigenvalue weighted by Gasteiger charge is -2.13. The highest BCUT2D eigenvalue weighted by Gasteiger charge is 2.29. The van der Waals surface area contributed by atoms with Crippen molar-refractivity contribution in [3.63, 3.8) is 0 Å². The van der Waals surface area contributed by atoms with Crippen molar-refractivity contribution in [3.05, 3.63) is 59.9 Å². The van der Waals surface area contributed by atoms with Crippen LogP contribution in [0.2, 0.25) is 0 Å². The molecule has 26 heavy (non-hydrogen) atoms. The number of thioether (sulfide) groups is 1. The Bertz CT molecular complexity index is 825. The molecule has 8 heteroatoms. The van der Waals surface area contributed by atoms with Crippen LogP contribution >= 0.6 is 11.8 Å². The van der Waals surface area contributed by atoms with Gasteiger partial charge in [-0.25, -0.2) is 4.39 Å². The fraction of sp³-hybridized carbons (Fsp3) is 0.167. The Morgan fingerprint density at radius 3 is 2.62 bits per heavy atom. The quantitative estimate of drug-likeness (QED) is 0.841. The molecule has 1 fully saturated rings. The number of anilines is 1. The van der Waals surface area contributed by atoms with Crippen LogP contribution in [0.5, 0.6) is 5.75 Å². The zero-order valence-corrected chi connectivity index (χ0v) is 14.4. The van der Waals surface area contributed by atoms with E-state index in [-0.39, 0.29) is 41.7 Å². The standard InChI is InChI=1S/C18H15FN2O4S/c19-13-2-1-3-15(8-13)25-10-16(22)20-14-6-4-12(5-7-14)9-21-17(23)11-26-18(21)24/h1-8H,9-11H2,(H,20,22). The molecular formula is C18H15FN2O4S. The van der Waals surface area contributed by atoms with E-state index in [1.54, 1.807) is 30.3 Å². The largest absolute Gasteiger partial charge is 0.484 e. The van der Waals surface area contributed by atoms with Crippen LogP contribution in [-0.4, -0.2) is 34.3 Å². The Morgan fingerprint density at radius 2 is 1.96 bits per heavy atom. The Labute approximate surface area is 153 Å². The van der Waals surface area contributed by atoms with E-state index in [4.69, 9.17) is 4.74 Å². The molecule has 0 unspecified atom stereocenters. The number of carbonyl (C=O) groups excluding carboxylic acids is 3. The molecule has 1 aliphatic heterocycles. The van der Waals surface area contributed by atoms with E-state index in [9.17, 15) is 18.8 Å². The minimum Gasteiger partial charge on any atom is -0.484 e. The Hall–Kier alpha value is -2.87. The first-order chi connectivity index (χ1) is 12.5. The second-order valence-electron chi connectivity index (χ2n) is 5.53. The summed E-state index contributed by atoms with van der Waals surface area (Å²) in [6.45, 7) is -0.0409. The van der Waals surface area contributed by atoms with Gasteiger partial charge in [-0.2, -0.15) is 0 Å². The maximum absolute atomic E-state index is 13.0. The molecule has 1 N–H and O–H groups in total. The first-order valence-corrected chi connectivity index (χ1v) is 8.74. The van der Waals surface area contributed by atoms with Crippen LogP contribution in [0.15, 0.2) is 48.5 Å². The highest BCUT2D eigenvalue weighted by molar-refractivity contribution is 8.14. The summed E-state index contributed by atoms with van der Waals surface area (Å²) in [6, 6.07) is 12.3. The van der Waals surface area contributed by atoms with Crippen molar-refractivity contribution in [2.24, 2.45) is 0 Å². The molecule has 0 bridgehead atoms. The molecule has 1 heterocycles. The fourth-order valence-corrected chi connectivity index (χ4v) is 3.04. The van der Waals surface area contributed by atoms with Crippen molar-refractivity contribution in [3.8, 4) is 5.75 Å². The third-order valence-corrected chi connectivity index (χ3v) is 4.44. The van der Waals surface area contributed by atoms with E-state index in [1.165, 1.54) is 23.1 Å². The first kappa shape index (κ1) is 17.9. The average molecular weight is 374 g/mol. The highest BCUT2D eigenvalue weighted by atomic mass is 32.2. The number of imide groups is 1. The Balaban J connectivity index is 1.51. The van der Waals surface area contributed by atoms with Crippen molar-refractivity contribution in [1.82, 2.24) is 4.90 Å². The molecule has 1 saturated heterocycles. The number of benzene rings is 2. The van der Waals surface area contributed by atoms with Gasteiger partial charge in [0.25, 0.3) is 11.1 Å². The summed E-state index contributed by atoms with van der Waals surface area (Å²) >= 11 is 0.992. The number of halogens is 1. The van der Waals surface area contributed by atoms with Gasteiger partial charge in [-0.1, -0.05) is 30.0 Å². The molecule has 0 radical (unpaired) electrons. The number of nitrogens with zero attached hydrogens (tertiary/aromatic N) is 1. The third-order valence-electron chi connectivity index (χ3n) is 3.58. The predicted octanol–water partition coefficient (Wildman–Crippen LogP) is 3.04. The number of rotatable bonds is 6. The summed E-state index contributed by atoms with van der Waals surface area (Å²) < 4.78 is 18.3. The van der Waals surface area contributed by atoms with Crippen molar-refractivity contribution in [1.29, 1.82) is 0 Å². The number of nitrogens with one attached hydrogen (secondary N) is 1. The van der Waals surface area contributed by atoms with Gasteiger partial charge in [0.05, 0.1) is 12.3 Å². The number of carbonyl (C=O) groups is 3. The molecule has 0 spiro atoms. The van der Waals surface area contributed by atoms with Crippen LogP contribution in [0.1, 0.15) is 5.56 Å². The van der Waals surface area contributed by atoms with Crippen molar-refractivity contribution >= 4 is 34.5 Å². The monoisotopic (exact) mass is 374 g/mol. The molecule has 1 aliphatic rings. The SMILES string of the molecule is O=C(COc1cccc(F)c1)Nc1ccc(CN2C(=O)CSC2=O)cc1. The smallest absolute Gasteiger partial charge is 0.289 e. The van der Waals surface area contributed by atoms with Gasteiger partial charge in [-0.3, -0.25) is 19.3 Å². The topological polar surface area (TPSA) is 75.7 Å². The molecule has 0 saturated carbocycles. The minimum atomic E-state index is -0.438. The lowest BCUT2D eigenvalue weighted by Crippen LogP contribution is -2.27. The second kappa shape index (κ2) is 8.01. The fourth-order valence-electron chi connectivity index (χ4n) is 2.31. The lowest BCUT2D eigenvalue weighted by molar-refractivity contribution is -0.125. The molecule has 0 aliphatic carbocycles. The van der Waals surface area contributed by atoms with Crippen LogP contribution in [0.25, 0.3) is 0 Å². The maximum atomic E-state index is 13.0. The van der Waals surface area contributed by atoms with Crippen LogP contribution in [0.4, 0.5) is 14.9 Å². The summed E-state index contributed by atoms with van der Waals surface area (Å²) in [5, 5.41) is 2.41. The van der Waals surface area contributed by atoms with Gasteiger partial charge >= 0.3 is 0 Å². The number of hydrogen-bond acceptors (Lipinski definition) is 5. The van der Waals surface area contributed by atoms with Gasteiger partial charge in [0.15, 0.2) is 6.61 Å². The average Bonchev–Trinajstić information content (AvgIpc) is 2.94. The van der Waals surface area contributed by atoms with Crippen LogP contribution in [-0.2, 0) is 16.1 Å². The molecule has 134 valence electrons. The Kier molecular flexibility index (Phi) is 5.52. The third kappa shape index (κ3) is 4.60. The van der Waals surface area contributed by atoms with E-state index in [0.717, 1.165) is 17.3 Å². The molecule has 3 rings (SSSR count). The summed E-state index contributed by atoms with van der Waals surface area (Å²) in [4.78, 5) is 36.3. The molecule has 6 nitrogen and oxygen atoms in total. The van der Waals surface area contributed by atoms with E-state index in [0.29, 0.717) is 5.69 Å². The van der Waals surface area contributed by atoms with Gasteiger partial charge in [0, 0.05) is 11.8 Å². The molecule has 0 atom stereocenters. The molecule has 0 aromatic heterocycles. The van der Waals surface area contributed by atoms with E-state index < -0.39 is 5.82 Å². The minimum absolute atomic E-state index is 0.179. The van der Waals surface area contributed by atoms with E-state index in [1.807, 2.05) is 0 Å². The summed E-state index contributed by atoms with van der Waals surface area (Å²) in [7, 11) is 0. The van der Waals surface area contributed by atoms with Crippen LogP contribution in [0, 0.1) is 5.82 Å². The summed E-state index contributed by atoms with van der Waals surface area (Å²) in [5.41, 5.74) is 1.33. The normalized spacial score (nSPS) is 13.8. The predicted molar refractivity (Wildman–Crippen MR) is 95.4 cm³/mol. The van der Waals surface area contributed by atoms with Crippen LogP contribution in [0.3, 0.4) is 0 Å². The molecule has 2 aromatic carbocycles. The van der Waals surface area contributed by atoms with Crippen molar-refractivity contribution < 1.29 is 23.5 Å². The zero-order chi connectivity index (χ0) is 18.5. The number of hydrogen-bond donors (Lipinski definition) is 1. The Morgan fingerprint density at radius 1 is 1.19 bits per heavy atom. The summed E-state index contributed by atoms with van der Waals surface area (Å²) in [5.74, 6) is -0.575. The molecular weight excluding hydrogens is 359 g/mol. The van der Waals surface area contributed by atoms with Gasteiger partial charge in [0.1, 0.15) is 11.6 Å². The van der Waals surface area contributed by atoms with Crippen molar-refractivity contribution in [2.45, 2.75) is 6.54 Å². The first-order valence-electron chi connectivity index (χ1n) is 7.75. The lowest BCUT2D eigenvalue weighted by atomic mass is 10.2. The maximum Gasteiger partial charge on any atom is 0.289 e. The van der Waals surface area contributed by atoms with E-state index >= 15 is 0 Å². The van der Waals surface area contributed by atoms with Crippen LogP contribution < -0.4 is 10.1 Å². The number of ether oxygens (including phenoxy) is 1. The summed E-state index contributed by atoms with van der Waals surface area (Å²) in [6.07, 6.45) is 0. The highest BCUT2D eigenvalue weighted by Crippen LogP contribution is 2.22. The number of amides is 3. The zero-order valence-electron chi connectivity index (χ0n) is 13.6. The van der Waals surface area contributed by atoms with Gasteiger partial charge in [0.2, 0.25) is 5.91 Å². The van der Waals surface area contributed by atoms with Crippen molar-refractivity contribution in [2.75, 3.05) is 17.7 Å². The van der Waals surface area contributed by atoms with E-state index in [2.05, 4.69) is 5.32 Å². The molecule has 2 aromatic rings. The molecule has 3 amide bonds. The van der Waals surface area contributed by atoms with Gasteiger partial charge < -0.3 is 10.1 Å². The second-order valence-corrected chi connectivity index (χ2v) is 6.45.